The van der Waals surface area contributed by atoms with E-state index in [-0.39, 0.29) is 32.0 Å². The fourth-order valence-electron chi connectivity index (χ4n) is 3.29. The molecule has 0 unspecified atom stereocenters. The molecule has 4 rings (SSSR count). The van der Waals surface area contributed by atoms with E-state index >= 15 is 0 Å². The predicted octanol–water partition coefficient (Wildman–Crippen LogP) is 3.07. The summed E-state index contributed by atoms with van der Waals surface area (Å²) in [7, 11) is -4.05. The third-order valence-electron chi connectivity index (χ3n) is 5.00. The summed E-state index contributed by atoms with van der Waals surface area (Å²) in [5.41, 5.74) is 1.35. The first-order valence-electron chi connectivity index (χ1n) is 10.2. The van der Waals surface area contributed by atoms with Crippen molar-refractivity contribution >= 4 is 21.6 Å². The second-order valence-electron chi connectivity index (χ2n) is 7.29. The summed E-state index contributed by atoms with van der Waals surface area (Å²) in [6.07, 6.45) is 3.36. The van der Waals surface area contributed by atoms with Gasteiger partial charge in [-0.1, -0.05) is 12.1 Å². The highest BCUT2D eigenvalue weighted by Crippen LogP contribution is 2.24. The maximum Gasteiger partial charge on any atom is 0.255 e. The third kappa shape index (κ3) is 5.54. The number of carbonyl (C=O) groups is 1. The lowest BCUT2D eigenvalue weighted by molar-refractivity contribution is 0.0729. The number of morpholine rings is 1. The zero-order valence-corrected chi connectivity index (χ0v) is 18.4. The van der Waals surface area contributed by atoms with Crippen molar-refractivity contribution in [1.82, 2.24) is 9.29 Å². The molecule has 0 aliphatic carbocycles. The van der Waals surface area contributed by atoms with Crippen LogP contribution in [0.1, 0.15) is 15.9 Å². The van der Waals surface area contributed by atoms with Gasteiger partial charge in [0.15, 0.2) is 0 Å². The second kappa shape index (κ2) is 10.1. The number of rotatable bonds is 7. The van der Waals surface area contributed by atoms with Gasteiger partial charge in [0, 0.05) is 42.3 Å². The molecule has 3 aromatic rings. The maximum absolute atomic E-state index is 14.4. The van der Waals surface area contributed by atoms with E-state index < -0.39 is 26.6 Å². The molecule has 0 saturated carbocycles. The predicted molar refractivity (Wildman–Crippen MR) is 119 cm³/mol. The van der Waals surface area contributed by atoms with Crippen molar-refractivity contribution in [3.8, 4) is 5.75 Å². The molecule has 0 atom stereocenters. The molecule has 10 heteroatoms. The van der Waals surface area contributed by atoms with Gasteiger partial charge in [-0.2, -0.15) is 4.31 Å². The number of nitrogens with one attached hydrogen (secondary N) is 1. The van der Waals surface area contributed by atoms with Gasteiger partial charge in [-0.25, -0.2) is 12.8 Å². The topological polar surface area (TPSA) is 97.8 Å². The summed E-state index contributed by atoms with van der Waals surface area (Å²) in [5, 5.41) is 2.62. The number of aromatic nitrogens is 1. The molecule has 0 radical (unpaired) electrons. The summed E-state index contributed by atoms with van der Waals surface area (Å²) >= 11 is 0. The number of nitrogens with zero attached hydrogens (tertiary/aromatic N) is 2. The van der Waals surface area contributed by atoms with Crippen LogP contribution in [-0.4, -0.2) is 49.9 Å². The number of benzene rings is 2. The lowest BCUT2D eigenvalue weighted by Crippen LogP contribution is -2.40. The number of pyridine rings is 1. The van der Waals surface area contributed by atoms with Gasteiger partial charge in [-0.15, -0.1) is 0 Å². The molecule has 1 aliphatic rings. The van der Waals surface area contributed by atoms with E-state index in [1.54, 1.807) is 42.7 Å². The molecule has 2 aromatic carbocycles. The molecular weight excluding hydrogens is 449 g/mol. The van der Waals surface area contributed by atoms with E-state index in [1.807, 2.05) is 6.07 Å². The minimum absolute atomic E-state index is 0.143. The highest BCUT2D eigenvalue weighted by Gasteiger charge is 2.29. The van der Waals surface area contributed by atoms with Gasteiger partial charge in [-0.3, -0.25) is 9.78 Å². The van der Waals surface area contributed by atoms with Gasteiger partial charge >= 0.3 is 0 Å². The summed E-state index contributed by atoms with van der Waals surface area (Å²) in [6.45, 7) is 1.07. The smallest absolute Gasteiger partial charge is 0.255 e. The Bertz CT molecular complexity index is 1230. The first-order chi connectivity index (χ1) is 15.9. The highest BCUT2D eigenvalue weighted by atomic mass is 32.2. The van der Waals surface area contributed by atoms with E-state index in [2.05, 4.69) is 10.3 Å². The van der Waals surface area contributed by atoms with E-state index in [4.69, 9.17) is 9.47 Å². The first-order valence-corrected chi connectivity index (χ1v) is 11.7. The van der Waals surface area contributed by atoms with Crippen molar-refractivity contribution in [2.75, 3.05) is 31.6 Å². The Morgan fingerprint density at radius 3 is 2.70 bits per heavy atom. The quantitative estimate of drug-likeness (QED) is 0.569. The summed E-state index contributed by atoms with van der Waals surface area (Å²) in [6, 6.07) is 13.7. The Kier molecular flexibility index (Phi) is 6.97. The van der Waals surface area contributed by atoms with Gasteiger partial charge in [0.2, 0.25) is 10.0 Å². The van der Waals surface area contributed by atoms with Crippen molar-refractivity contribution in [3.63, 3.8) is 0 Å². The van der Waals surface area contributed by atoms with Crippen molar-refractivity contribution in [2.45, 2.75) is 11.5 Å². The number of amides is 1. The SMILES string of the molecule is O=C(Nc1ccc(F)c(S(=O)(=O)N2CCOCC2)c1)c1cccc(OCc2cccnc2)c1. The standard InChI is InChI=1S/C23H22FN3O5S/c24-21-7-6-19(14-22(21)33(29,30)27-9-11-31-12-10-27)26-23(28)18-4-1-5-20(13-18)32-16-17-3-2-8-25-15-17/h1-8,13-15H,9-12,16H2,(H,26,28). The number of carbonyl (C=O) groups excluding carboxylic acids is 1. The van der Waals surface area contributed by atoms with Gasteiger partial charge in [0.25, 0.3) is 5.91 Å². The minimum Gasteiger partial charge on any atom is -0.489 e. The van der Waals surface area contributed by atoms with Crippen LogP contribution in [0.25, 0.3) is 0 Å². The monoisotopic (exact) mass is 471 g/mol. The van der Waals surface area contributed by atoms with Gasteiger partial charge < -0.3 is 14.8 Å². The zero-order valence-electron chi connectivity index (χ0n) is 17.6. The van der Waals surface area contributed by atoms with Gasteiger partial charge in [0.1, 0.15) is 23.1 Å². The Morgan fingerprint density at radius 1 is 1.12 bits per heavy atom. The molecule has 1 fully saturated rings. The minimum atomic E-state index is -4.05. The van der Waals surface area contributed by atoms with Crippen molar-refractivity contribution < 1.29 is 27.1 Å². The van der Waals surface area contributed by atoms with Crippen LogP contribution < -0.4 is 10.1 Å². The summed E-state index contributed by atoms with van der Waals surface area (Å²) in [5.74, 6) is -0.880. The number of anilines is 1. The van der Waals surface area contributed by atoms with Crippen LogP contribution in [0.15, 0.2) is 71.9 Å². The molecule has 0 spiro atoms. The normalized spacial score (nSPS) is 14.6. The van der Waals surface area contributed by atoms with Crippen LogP contribution >= 0.6 is 0 Å². The Balaban J connectivity index is 1.48. The van der Waals surface area contributed by atoms with Gasteiger partial charge in [0.05, 0.1) is 13.2 Å². The van der Waals surface area contributed by atoms with Crippen molar-refractivity contribution in [1.29, 1.82) is 0 Å². The average molecular weight is 472 g/mol. The average Bonchev–Trinajstić information content (AvgIpc) is 2.85. The maximum atomic E-state index is 14.4. The van der Waals surface area contributed by atoms with Crippen molar-refractivity contribution in [3.05, 3.63) is 83.9 Å². The molecular formula is C23H22FN3O5S. The van der Waals surface area contributed by atoms with Crippen LogP contribution in [0.2, 0.25) is 0 Å². The van der Waals surface area contributed by atoms with Gasteiger partial charge in [-0.05, 0) is 42.5 Å². The largest absolute Gasteiger partial charge is 0.489 e. The van der Waals surface area contributed by atoms with Crippen LogP contribution in [0.5, 0.6) is 5.75 Å². The zero-order chi connectivity index (χ0) is 23.3. The molecule has 1 amide bonds. The molecule has 2 heterocycles. The number of sulfonamides is 1. The van der Waals surface area contributed by atoms with Crippen molar-refractivity contribution in [2.24, 2.45) is 0 Å². The lowest BCUT2D eigenvalue weighted by atomic mass is 10.2. The molecule has 1 saturated heterocycles. The Hall–Kier alpha value is -3.34. The molecule has 33 heavy (non-hydrogen) atoms. The molecule has 1 aliphatic heterocycles. The second-order valence-corrected chi connectivity index (χ2v) is 9.20. The van der Waals surface area contributed by atoms with E-state index in [0.717, 1.165) is 17.7 Å². The Labute approximate surface area is 191 Å². The van der Waals surface area contributed by atoms with Crippen LogP contribution in [0, 0.1) is 5.82 Å². The third-order valence-corrected chi connectivity index (χ3v) is 6.92. The number of hydrogen-bond acceptors (Lipinski definition) is 6. The summed E-state index contributed by atoms with van der Waals surface area (Å²) < 4.78 is 52.1. The van der Waals surface area contributed by atoms with Crippen LogP contribution in [-0.2, 0) is 21.4 Å². The number of halogens is 1. The first kappa shape index (κ1) is 22.8. The molecule has 172 valence electrons. The van der Waals surface area contributed by atoms with Crippen LogP contribution in [0.4, 0.5) is 10.1 Å². The van der Waals surface area contributed by atoms with E-state index in [1.165, 1.54) is 10.4 Å². The number of ether oxygens (including phenoxy) is 2. The van der Waals surface area contributed by atoms with E-state index in [0.29, 0.717) is 17.9 Å². The van der Waals surface area contributed by atoms with E-state index in [9.17, 15) is 17.6 Å². The fraction of sp³-hybridized carbons (Fsp3) is 0.217. The molecule has 1 N–H and O–H groups in total. The lowest BCUT2D eigenvalue weighted by Gasteiger charge is -2.26. The Morgan fingerprint density at radius 2 is 1.94 bits per heavy atom. The molecule has 8 nitrogen and oxygen atoms in total. The fourth-order valence-corrected chi connectivity index (χ4v) is 4.78. The molecule has 1 aromatic heterocycles. The summed E-state index contributed by atoms with van der Waals surface area (Å²) in [4.78, 5) is 16.3. The highest BCUT2D eigenvalue weighted by molar-refractivity contribution is 7.89. The number of hydrogen-bond donors (Lipinski definition) is 1. The molecule has 0 bridgehead atoms. The van der Waals surface area contributed by atoms with Crippen LogP contribution in [0.3, 0.4) is 0 Å².